The van der Waals surface area contributed by atoms with E-state index in [2.05, 4.69) is 5.32 Å². The molecule has 0 aliphatic carbocycles. The molecule has 0 atom stereocenters. The highest BCUT2D eigenvalue weighted by molar-refractivity contribution is 5.01. The lowest BCUT2D eigenvalue weighted by Gasteiger charge is -1.83. The average molecular weight is 123 g/mol. The molecule has 0 spiro atoms. The van der Waals surface area contributed by atoms with Crippen LogP contribution in [0.15, 0.2) is 36.7 Å². The van der Waals surface area contributed by atoms with Crippen LogP contribution in [0.2, 0.25) is 0 Å². The SMILES string of the molecule is CC=C/C=C/NC=CC. The quantitative estimate of drug-likeness (QED) is 0.567. The van der Waals surface area contributed by atoms with Gasteiger partial charge in [0.25, 0.3) is 0 Å². The van der Waals surface area contributed by atoms with Crippen LogP contribution in [0.5, 0.6) is 0 Å². The van der Waals surface area contributed by atoms with E-state index in [1.54, 1.807) is 0 Å². The van der Waals surface area contributed by atoms with E-state index in [9.17, 15) is 0 Å². The molecule has 0 heterocycles. The van der Waals surface area contributed by atoms with Crippen molar-refractivity contribution in [3.05, 3.63) is 36.7 Å². The predicted octanol–water partition coefficient (Wildman–Crippen LogP) is 2.20. The summed E-state index contributed by atoms with van der Waals surface area (Å²) in [5.41, 5.74) is 0. The van der Waals surface area contributed by atoms with Gasteiger partial charge in [0.2, 0.25) is 0 Å². The molecule has 0 aliphatic rings. The fourth-order valence-electron chi connectivity index (χ4n) is 0.374. The van der Waals surface area contributed by atoms with Gasteiger partial charge in [-0.15, -0.1) is 0 Å². The van der Waals surface area contributed by atoms with Gasteiger partial charge in [0.05, 0.1) is 0 Å². The minimum atomic E-state index is 1.88. The molecule has 9 heavy (non-hydrogen) atoms. The van der Waals surface area contributed by atoms with Crippen LogP contribution in [0.1, 0.15) is 13.8 Å². The Morgan fingerprint density at radius 1 is 0.889 bits per heavy atom. The van der Waals surface area contributed by atoms with Gasteiger partial charge in [-0.25, -0.2) is 0 Å². The average Bonchev–Trinajstić information content (AvgIpc) is 1.89. The Hall–Kier alpha value is -0.980. The number of hydrogen-bond donors (Lipinski definition) is 1. The van der Waals surface area contributed by atoms with E-state index in [4.69, 9.17) is 0 Å². The molecule has 0 radical (unpaired) electrons. The maximum Gasteiger partial charge on any atom is 0.000418 e. The second-order valence-corrected chi connectivity index (χ2v) is 1.55. The Balaban J connectivity index is 3.25. The van der Waals surface area contributed by atoms with Crippen molar-refractivity contribution in [3.8, 4) is 0 Å². The van der Waals surface area contributed by atoms with E-state index >= 15 is 0 Å². The van der Waals surface area contributed by atoms with E-state index in [0.717, 1.165) is 0 Å². The van der Waals surface area contributed by atoms with E-state index in [-0.39, 0.29) is 0 Å². The largest absolute Gasteiger partial charge is 0.368 e. The molecular formula is C8H13N. The van der Waals surface area contributed by atoms with Crippen LogP contribution >= 0.6 is 0 Å². The monoisotopic (exact) mass is 123 g/mol. The van der Waals surface area contributed by atoms with Gasteiger partial charge in [0.1, 0.15) is 0 Å². The molecule has 1 N–H and O–H groups in total. The molecule has 1 nitrogen and oxygen atoms in total. The van der Waals surface area contributed by atoms with Crippen LogP contribution in [0.25, 0.3) is 0 Å². The lowest BCUT2D eigenvalue weighted by atomic mass is 10.5. The molecule has 0 rings (SSSR count). The van der Waals surface area contributed by atoms with Crippen molar-refractivity contribution >= 4 is 0 Å². The Labute approximate surface area is 56.8 Å². The smallest absolute Gasteiger partial charge is 0.000418 e. The molecule has 0 saturated carbocycles. The zero-order valence-electron chi connectivity index (χ0n) is 5.96. The zero-order chi connectivity index (χ0) is 6.95. The highest BCUT2D eigenvalue weighted by atomic mass is 14.8. The van der Waals surface area contributed by atoms with Crippen LogP contribution in [-0.4, -0.2) is 0 Å². The van der Waals surface area contributed by atoms with Crippen LogP contribution in [0.4, 0.5) is 0 Å². The van der Waals surface area contributed by atoms with Gasteiger partial charge >= 0.3 is 0 Å². The second kappa shape index (κ2) is 7.02. The standard InChI is InChI=1S/C8H13N/c1-3-5-6-8-9-7-4-2/h3-9H,1-2H3/b5-3?,7-4?,8-6+. The molecule has 0 aromatic rings. The van der Waals surface area contributed by atoms with Crippen molar-refractivity contribution in [2.24, 2.45) is 0 Å². The van der Waals surface area contributed by atoms with E-state index in [1.807, 2.05) is 50.6 Å². The molecule has 0 unspecified atom stereocenters. The summed E-state index contributed by atoms with van der Waals surface area (Å²) in [6.45, 7) is 3.95. The summed E-state index contributed by atoms with van der Waals surface area (Å²) in [6.07, 6.45) is 11.6. The number of hydrogen-bond acceptors (Lipinski definition) is 1. The van der Waals surface area contributed by atoms with E-state index in [0.29, 0.717) is 0 Å². The lowest BCUT2D eigenvalue weighted by Crippen LogP contribution is -1.88. The van der Waals surface area contributed by atoms with Crippen molar-refractivity contribution in [1.29, 1.82) is 0 Å². The fourth-order valence-corrected chi connectivity index (χ4v) is 0.374. The molecule has 50 valence electrons. The van der Waals surface area contributed by atoms with Crippen molar-refractivity contribution in [1.82, 2.24) is 5.32 Å². The third kappa shape index (κ3) is 7.02. The third-order valence-corrected chi connectivity index (χ3v) is 0.759. The molecule has 0 fully saturated rings. The maximum absolute atomic E-state index is 2.96. The van der Waals surface area contributed by atoms with Crippen molar-refractivity contribution in [2.75, 3.05) is 0 Å². The molecule has 0 aromatic carbocycles. The maximum atomic E-state index is 2.96. The van der Waals surface area contributed by atoms with Gasteiger partial charge in [-0.1, -0.05) is 18.2 Å². The van der Waals surface area contributed by atoms with Crippen molar-refractivity contribution in [2.45, 2.75) is 13.8 Å². The molecule has 0 saturated heterocycles. The highest BCUT2D eigenvalue weighted by Crippen LogP contribution is 1.72. The molecule has 1 heteroatoms. The summed E-state index contributed by atoms with van der Waals surface area (Å²) in [4.78, 5) is 0. The van der Waals surface area contributed by atoms with Gasteiger partial charge in [-0.05, 0) is 26.1 Å². The number of nitrogens with one attached hydrogen (secondary N) is 1. The van der Waals surface area contributed by atoms with E-state index < -0.39 is 0 Å². The number of allylic oxidation sites excluding steroid dienone is 4. The second-order valence-electron chi connectivity index (χ2n) is 1.55. The van der Waals surface area contributed by atoms with E-state index in [1.165, 1.54) is 0 Å². The third-order valence-electron chi connectivity index (χ3n) is 0.759. The fraction of sp³-hybridized carbons (Fsp3) is 0.250. The first kappa shape index (κ1) is 8.02. The van der Waals surface area contributed by atoms with Crippen LogP contribution in [0, 0.1) is 0 Å². The van der Waals surface area contributed by atoms with Gasteiger partial charge in [0.15, 0.2) is 0 Å². The predicted molar refractivity (Wildman–Crippen MR) is 41.9 cm³/mol. The van der Waals surface area contributed by atoms with Crippen molar-refractivity contribution in [3.63, 3.8) is 0 Å². The Morgan fingerprint density at radius 2 is 1.67 bits per heavy atom. The molecule has 0 aliphatic heterocycles. The zero-order valence-corrected chi connectivity index (χ0v) is 5.96. The van der Waals surface area contributed by atoms with Crippen LogP contribution in [0.3, 0.4) is 0 Å². The number of rotatable bonds is 3. The van der Waals surface area contributed by atoms with Crippen LogP contribution < -0.4 is 5.32 Å². The Morgan fingerprint density at radius 3 is 2.22 bits per heavy atom. The van der Waals surface area contributed by atoms with Crippen molar-refractivity contribution < 1.29 is 0 Å². The molecule has 0 bridgehead atoms. The first-order chi connectivity index (χ1) is 4.41. The normalized spacial score (nSPS) is 12.2. The summed E-state index contributed by atoms with van der Waals surface area (Å²) in [6, 6.07) is 0. The highest BCUT2D eigenvalue weighted by Gasteiger charge is 1.59. The van der Waals surface area contributed by atoms with Gasteiger partial charge in [-0.3, -0.25) is 0 Å². The molecule has 0 amide bonds. The first-order valence-corrected chi connectivity index (χ1v) is 3.07. The Bertz CT molecular complexity index is 121. The van der Waals surface area contributed by atoms with Crippen LogP contribution in [-0.2, 0) is 0 Å². The summed E-state index contributed by atoms with van der Waals surface area (Å²) in [5.74, 6) is 0. The minimum absolute atomic E-state index is 1.88. The summed E-state index contributed by atoms with van der Waals surface area (Å²) >= 11 is 0. The summed E-state index contributed by atoms with van der Waals surface area (Å²) in [5, 5.41) is 2.96. The van der Waals surface area contributed by atoms with Gasteiger partial charge in [-0.2, -0.15) is 0 Å². The summed E-state index contributed by atoms with van der Waals surface area (Å²) < 4.78 is 0. The first-order valence-electron chi connectivity index (χ1n) is 3.07. The molecular weight excluding hydrogens is 110 g/mol. The van der Waals surface area contributed by atoms with Gasteiger partial charge in [0, 0.05) is 6.20 Å². The minimum Gasteiger partial charge on any atom is -0.368 e. The topological polar surface area (TPSA) is 12.0 Å². The lowest BCUT2D eigenvalue weighted by molar-refractivity contribution is 1.19. The molecule has 0 aromatic heterocycles. The van der Waals surface area contributed by atoms with Gasteiger partial charge < -0.3 is 5.32 Å². The Kier molecular flexibility index (Phi) is 6.26. The summed E-state index contributed by atoms with van der Waals surface area (Å²) in [7, 11) is 0.